The number of halogens is 3. The van der Waals surface area contributed by atoms with Crippen LogP contribution >= 0.6 is 0 Å². The number of piperazine rings is 1. The van der Waals surface area contributed by atoms with Crippen LogP contribution in [0.15, 0.2) is 24.3 Å². The summed E-state index contributed by atoms with van der Waals surface area (Å²) in [5.74, 6) is 0.367. The Bertz CT molecular complexity index is 477. The maximum Gasteiger partial charge on any atom is 0.416 e. The molecule has 0 bridgehead atoms. The fraction of sp³-hybridized carbons (Fsp3) is 0.625. The van der Waals surface area contributed by atoms with E-state index >= 15 is 0 Å². The topological polar surface area (TPSA) is 15.3 Å². The zero-order valence-electron chi connectivity index (χ0n) is 12.0. The van der Waals surface area contributed by atoms with E-state index < -0.39 is 11.7 Å². The largest absolute Gasteiger partial charge is 0.416 e. The van der Waals surface area contributed by atoms with Crippen LogP contribution in [0.1, 0.15) is 36.4 Å². The summed E-state index contributed by atoms with van der Waals surface area (Å²) in [6.45, 7) is 3.37. The first-order valence-electron chi connectivity index (χ1n) is 7.68. The number of hydrogen-bond donors (Lipinski definition) is 1. The van der Waals surface area contributed by atoms with Gasteiger partial charge in [-0.1, -0.05) is 24.6 Å². The van der Waals surface area contributed by atoms with Gasteiger partial charge in [-0.25, -0.2) is 0 Å². The summed E-state index contributed by atoms with van der Waals surface area (Å²) in [5, 5.41) is 3.28. The second kappa shape index (κ2) is 5.97. The van der Waals surface area contributed by atoms with Crippen molar-refractivity contribution in [3.8, 4) is 0 Å². The second-order valence-electron chi connectivity index (χ2n) is 6.01. The smallest absolute Gasteiger partial charge is 0.314 e. The van der Waals surface area contributed by atoms with Crippen LogP contribution in [0.2, 0.25) is 0 Å². The highest BCUT2D eigenvalue weighted by Crippen LogP contribution is 2.45. The molecule has 0 unspecified atom stereocenters. The molecule has 2 aliphatic rings. The van der Waals surface area contributed by atoms with E-state index in [1.54, 1.807) is 12.1 Å². The molecule has 3 rings (SSSR count). The van der Waals surface area contributed by atoms with Crippen molar-refractivity contribution < 1.29 is 13.2 Å². The maximum absolute atomic E-state index is 13.3. The van der Waals surface area contributed by atoms with E-state index in [0.717, 1.165) is 45.4 Å². The third kappa shape index (κ3) is 3.09. The van der Waals surface area contributed by atoms with Crippen LogP contribution in [-0.2, 0) is 6.18 Å². The summed E-state index contributed by atoms with van der Waals surface area (Å²) >= 11 is 0. The minimum absolute atomic E-state index is 0.0846. The number of rotatable bonds is 3. The lowest BCUT2D eigenvalue weighted by atomic mass is 9.75. The lowest BCUT2D eigenvalue weighted by Crippen LogP contribution is -2.48. The van der Waals surface area contributed by atoms with Crippen LogP contribution in [0.3, 0.4) is 0 Å². The Kier molecular flexibility index (Phi) is 4.22. The van der Waals surface area contributed by atoms with Crippen molar-refractivity contribution in [2.24, 2.45) is 5.92 Å². The van der Waals surface area contributed by atoms with Crippen LogP contribution in [0.25, 0.3) is 0 Å². The molecule has 2 fully saturated rings. The Labute approximate surface area is 123 Å². The molecule has 116 valence electrons. The van der Waals surface area contributed by atoms with E-state index in [-0.39, 0.29) is 6.04 Å². The van der Waals surface area contributed by atoms with E-state index in [2.05, 4.69) is 10.2 Å². The molecule has 1 aromatic carbocycles. The SMILES string of the molecule is FC(F)(F)c1ccccc1[C@H](C1CCC1)N1CCNCC1. The molecule has 5 heteroatoms. The number of benzene rings is 1. The maximum atomic E-state index is 13.3. The van der Waals surface area contributed by atoms with E-state index in [1.807, 2.05) is 0 Å². The van der Waals surface area contributed by atoms with Gasteiger partial charge in [-0.15, -0.1) is 0 Å². The van der Waals surface area contributed by atoms with Crippen molar-refractivity contribution in [2.45, 2.75) is 31.5 Å². The molecule has 1 aliphatic carbocycles. The Morgan fingerprint density at radius 2 is 1.76 bits per heavy atom. The third-order valence-electron chi connectivity index (χ3n) is 4.73. The normalized spacial score (nSPS) is 22.8. The zero-order valence-corrected chi connectivity index (χ0v) is 12.0. The van der Waals surface area contributed by atoms with Crippen molar-refractivity contribution in [3.05, 3.63) is 35.4 Å². The summed E-state index contributed by atoms with van der Waals surface area (Å²) in [4.78, 5) is 2.24. The molecule has 0 radical (unpaired) electrons. The van der Waals surface area contributed by atoms with E-state index in [9.17, 15) is 13.2 Å². The minimum atomic E-state index is -4.27. The first-order valence-corrected chi connectivity index (χ1v) is 7.68. The lowest BCUT2D eigenvalue weighted by Gasteiger charge is -2.44. The minimum Gasteiger partial charge on any atom is -0.314 e. The van der Waals surface area contributed by atoms with Gasteiger partial charge in [0.25, 0.3) is 0 Å². The Morgan fingerprint density at radius 3 is 2.33 bits per heavy atom. The van der Waals surface area contributed by atoms with Crippen LogP contribution in [-0.4, -0.2) is 31.1 Å². The highest BCUT2D eigenvalue weighted by atomic mass is 19.4. The van der Waals surface area contributed by atoms with Crippen LogP contribution < -0.4 is 5.32 Å². The van der Waals surface area contributed by atoms with Gasteiger partial charge >= 0.3 is 6.18 Å². The molecule has 0 amide bonds. The number of nitrogens with one attached hydrogen (secondary N) is 1. The summed E-state index contributed by atoms with van der Waals surface area (Å²) in [7, 11) is 0. The lowest BCUT2D eigenvalue weighted by molar-refractivity contribution is -0.139. The van der Waals surface area contributed by atoms with Gasteiger partial charge in [0, 0.05) is 32.2 Å². The van der Waals surface area contributed by atoms with Crippen molar-refractivity contribution in [3.63, 3.8) is 0 Å². The van der Waals surface area contributed by atoms with Gasteiger partial charge in [0.15, 0.2) is 0 Å². The first-order chi connectivity index (χ1) is 10.1. The highest BCUT2D eigenvalue weighted by Gasteiger charge is 2.40. The molecule has 0 spiro atoms. The summed E-state index contributed by atoms with van der Waals surface area (Å²) in [6.07, 6.45) is -1.05. The van der Waals surface area contributed by atoms with Gasteiger partial charge < -0.3 is 5.32 Å². The number of nitrogens with zero attached hydrogens (tertiary/aromatic N) is 1. The van der Waals surface area contributed by atoms with Gasteiger partial charge in [-0.2, -0.15) is 13.2 Å². The average molecular weight is 298 g/mol. The fourth-order valence-electron chi connectivity index (χ4n) is 3.48. The molecular weight excluding hydrogens is 277 g/mol. The van der Waals surface area contributed by atoms with Gasteiger partial charge in [0.05, 0.1) is 5.56 Å². The van der Waals surface area contributed by atoms with Crippen LogP contribution in [0.4, 0.5) is 13.2 Å². The quantitative estimate of drug-likeness (QED) is 0.919. The standard InChI is InChI=1S/C16H21F3N2/c17-16(18,19)14-7-2-1-6-13(14)15(12-4-3-5-12)21-10-8-20-9-11-21/h1-2,6-7,12,15,20H,3-5,8-11H2/t15-/m0/s1. The predicted molar refractivity (Wildman–Crippen MR) is 76.0 cm³/mol. The highest BCUT2D eigenvalue weighted by molar-refractivity contribution is 5.33. The zero-order chi connectivity index (χ0) is 14.9. The molecule has 2 nitrogen and oxygen atoms in total. The van der Waals surface area contributed by atoms with E-state index in [1.165, 1.54) is 12.1 Å². The van der Waals surface area contributed by atoms with Gasteiger partial charge in [-0.3, -0.25) is 4.90 Å². The van der Waals surface area contributed by atoms with Crippen molar-refractivity contribution in [1.29, 1.82) is 0 Å². The molecule has 1 heterocycles. The molecule has 1 aliphatic heterocycles. The fourth-order valence-corrected chi connectivity index (χ4v) is 3.48. The van der Waals surface area contributed by atoms with Gasteiger partial charge in [0.2, 0.25) is 0 Å². The van der Waals surface area contributed by atoms with Crippen molar-refractivity contribution in [1.82, 2.24) is 10.2 Å². The second-order valence-corrected chi connectivity index (χ2v) is 6.01. The Morgan fingerprint density at radius 1 is 1.10 bits per heavy atom. The molecule has 1 atom stereocenters. The first kappa shape index (κ1) is 14.9. The molecule has 1 aromatic rings. The van der Waals surface area contributed by atoms with Crippen LogP contribution in [0.5, 0.6) is 0 Å². The molecule has 1 saturated carbocycles. The monoisotopic (exact) mass is 298 g/mol. The van der Waals surface area contributed by atoms with Gasteiger partial charge in [0.1, 0.15) is 0 Å². The number of hydrogen-bond acceptors (Lipinski definition) is 2. The van der Waals surface area contributed by atoms with Gasteiger partial charge in [-0.05, 0) is 30.4 Å². The average Bonchev–Trinajstić information content (AvgIpc) is 2.43. The summed E-state index contributed by atoms with van der Waals surface area (Å²) in [6, 6.07) is 6.04. The third-order valence-corrected chi connectivity index (χ3v) is 4.73. The molecule has 0 aromatic heterocycles. The number of alkyl halides is 3. The molecular formula is C16H21F3N2. The van der Waals surface area contributed by atoms with Crippen molar-refractivity contribution in [2.75, 3.05) is 26.2 Å². The van der Waals surface area contributed by atoms with Crippen LogP contribution in [0, 0.1) is 5.92 Å². The summed E-state index contributed by atoms with van der Waals surface area (Å²) < 4.78 is 40.0. The van der Waals surface area contributed by atoms with Crippen molar-refractivity contribution >= 4 is 0 Å². The van der Waals surface area contributed by atoms with E-state index in [0.29, 0.717) is 11.5 Å². The van der Waals surface area contributed by atoms with E-state index in [4.69, 9.17) is 0 Å². The molecule has 1 saturated heterocycles. The predicted octanol–water partition coefficient (Wildman–Crippen LogP) is 3.45. The molecule has 1 N–H and O–H groups in total. The Hall–Kier alpha value is -1.07. The Balaban J connectivity index is 1.96. The molecule has 21 heavy (non-hydrogen) atoms. The summed E-state index contributed by atoms with van der Waals surface area (Å²) in [5.41, 5.74) is 0.0111.